The number of carbonyl (C=O) groups excluding carboxylic acids is 2. The van der Waals surface area contributed by atoms with Crippen LogP contribution in [0.4, 0.5) is 4.39 Å². The van der Waals surface area contributed by atoms with Crippen molar-refractivity contribution in [1.82, 2.24) is 14.4 Å². The largest absolute Gasteiger partial charge is 0.339 e. The van der Waals surface area contributed by atoms with Crippen LogP contribution in [0.2, 0.25) is 0 Å². The van der Waals surface area contributed by atoms with Crippen molar-refractivity contribution in [1.29, 1.82) is 0 Å². The van der Waals surface area contributed by atoms with Gasteiger partial charge in [0.1, 0.15) is 11.5 Å². The number of nitrogens with zero attached hydrogens (tertiary/aromatic N) is 3. The summed E-state index contributed by atoms with van der Waals surface area (Å²) in [6.07, 6.45) is 1.91. The van der Waals surface area contributed by atoms with Crippen molar-refractivity contribution in [2.45, 2.75) is 25.6 Å². The molecule has 0 radical (unpaired) electrons. The second-order valence-corrected chi connectivity index (χ2v) is 6.42. The number of hydrogen-bond donors (Lipinski definition) is 0. The second kappa shape index (κ2) is 5.47. The van der Waals surface area contributed by atoms with E-state index in [-0.39, 0.29) is 29.7 Å². The Morgan fingerprint density at radius 3 is 2.58 bits per heavy atom. The van der Waals surface area contributed by atoms with E-state index >= 15 is 0 Å². The van der Waals surface area contributed by atoms with E-state index in [1.807, 2.05) is 27.8 Å². The highest BCUT2D eigenvalue weighted by atomic mass is 19.1. The number of hydrogen-bond acceptors (Lipinski definition) is 2. The van der Waals surface area contributed by atoms with Crippen LogP contribution in [0.5, 0.6) is 0 Å². The predicted molar refractivity (Wildman–Crippen MR) is 85.8 cm³/mol. The molecule has 124 valence electrons. The third kappa shape index (κ3) is 2.29. The van der Waals surface area contributed by atoms with E-state index in [0.29, 0.717) is 25.3 Å². The summed E-state index contributed by atoms with van der Waals surface area (Å²) in [7, 11) is 0. The van der Waals surface area contributed by atoms with Crippen molar-refractivity contribution in [3.63, 3.8) is 0 Å². The van der Waals surface area contributed by atoms with E-state index in [1.165, 1.54) is 12.1 Å². The zero-order valence-electron chi connectivity index (χ0n) is 13.4. The minimum Gasteiger partial charge on any atom is -0.339 e. The summed E-state index contributed by atoms with van der Waals surface area (Å²) in [4.78, 5) is 28.3. The van der Waals surface area contributed by atoms with Crippen LogP contribution in [0.25, 0.3) is 0 Å². The standard InChI is InChI=1S/C18H18FN3O2/c1-12(23)20-10-16-17(11-20)22(9-13-4-6-14(19)7-5-13)18(24)15-3-2-8-21(15)16/h2-8,16-17H,9-11H2,1H3. The van der Waals surface area contributed by atoms with Crippen LogP contribution < -0.4 is 0 Å². The van der Waals surface area contributed by atoms with Gasteiger partial charge in [0.15, 0.2) is 0 Å². The molecule has 1 fully saturated rings. The first-order valence-electron chi connectivity index (χ1n) is 8.02. The lowest BCUT2D eigenvalue weighted by molar-refractivity contribution is -0.128. The third-order valence-electron chi connectivity index (χ3n) is 4.99. The first kappa shape index (κ1) is 14.9. The molecule has 2 aromatic rings. The van der Waals surface area contributed by atoms with Gasteiger partial charge in [0.05, 0.1) is 12.1 Å². The highest BCUT2D eigenvalue weighted by molar-refractivity contribution is 5.94. The maximum absolute atomic E-state index is 13.1. The number of benzene rings is 1. The summed E-state index contributed by atoms with van der Waals surface area (Å²) in [5.74, 6) is -0.317. The number of carbonyl (C=O) groups is 2. The average molecular weight is 327 g/mol. The molecule has 2 aliphatic rings. The average Bonchev–Trinajstić information content (AvgIpc) is 3.19. The van der Waals surface area contributed by atoms with Crippen LogP contribution >= 0.6 is 0 Å². The van der Waals surface area contributed by atoms with E-state index in [4.69, 9.17) is 0 Å². The van der Waals surface area contributed by atoms with Gasteiger partial charge in [-0.2, -0.15) is 0 Å². The Kier molecular flexibility index (Phi) is 3.40. The Labute approximate surface area is 139 Å². The van der Waals surface area contributed by atoms with Gasteiger partial charge < -0.3 is 14.4 Å². The third-order valence-corrected chi connectivity index (χ3v) is 4.99. The second-order valence-electron chi connectivity index (χ2n) is 6.42. The van der Waals surface area contributed by atoms with Crippen LogP contribution in [0.3, 0.4) is 0 Å². The Bertz CT molecular complexity index is 799. The molecular weight excluding hydrogens is 309 g/mol. The van der Waals surface area contributed by atoms with Crippen molar-refractivity contribution in [2.24, 2.45) is 0 Å². The van der Waals surface area contributed by atoms with E-state index < -0.39 is 0 Å². The molecule has 0 N–H and O–H groups in total. The number of halogens is 1. The fourth-order valence-corrected chi connectivity index (χ4v) is 3.74. The van der Waals surface area contributed by atoms with Crippen LogP contribution in [-0.2, 0) is 11.3 Å². The number of fused-ring (bicyclic) bond motifs is 3. The van der Waals surface area contributed by atoms with Gasteiger partial charge in [-0.05, 0) is 29.8 Å². The van der Waals surface area contributed by atoms with E-state index in [1.54, 1.807) is 24.0 Å². The number of aromatic nitrogens is 1. The summed E-state index contributed by atoms with van der Waals surface area (Å²) < 4.78 is 15.1. The van der Waals surface area contributed by atoms with Gasteiger partial charge in [0, 0.05) is 32.8 Å². The normalized spacial score (nSPS) is 22.5. The Morgan fingerprint density at radius 1 is 1.17 bits per heavy atom. The molecule has 0 saturated carbocycles. The molecule has 3 heterocycles. The van der Waals surface area contributed by atoms with E-state index in [9.17, 15) is 14.0 Å². The number of amides is 2. The smallest absolute Gasteiger partial charge is 0.271 e. The maximum atomic E-state index is 13.1. The molecular formula is C18H18FN3O2. The molecule has 2 amide bonds. The first-order chi connectivity index (χ1) is 11.5. The lowest BCUT2D eigenvalue weighted by Crippen LogP contribution is -2.49. The zero-order valence-corrected chi connectivity index (χ0v) is 13.4. The summed E-state index contributed by atoms with van der Waals surface area (Å²) in [5, 5.41) is 0. The summed E-state index contributed by atoms with van der Waals surface area (Å²) >= 11 is 0. The van der Waals surface area contributed by atoms with Crippen molar-refractivity contribution in [2.75, 3.05) is 13.1 Å². The molecule has 2 unspecified atom stereocenters. The van der Waals surface area contributed by atoms with E-state index in [2.05, 4.69) is 0 Å². The molecule has 1 aromatic heterocycles. The molecule has 1 aromatic carbocycles. The molecule has 24 heavy (non-hydrogen) atoms. The monoisotopic (exact) mass is 327 g/mol. The maximum Gasteiger partial charge on any atom is 0.271 e. The lowest BCUT2D eigenvalue weighted by Gasteiger charge is -2.38. The SMILES string of the molecule is CC(=O)N1CC2C(C1)n1cccc1C(=O)N2Cc1ccc(F)cc1. The summed E-state index contributed by atoms with van der Waals surface area (Å²) in [6.45, 7) is 3.11. The summed E-state index contributed by atoms with van der Waals surface area (Å²) in [6, 6.07) is 9.88. The van der Waals surface area contributed by atoms with Gasteiger partial charge in [-0.3, -0.25) is 9.59 Å². The Morgan fingerprint density at radius 2 is 1.88 bits per heavy atom. The van der Waals surface area contributed by atoms with Crippen molar-refractivity contribution in [3.8, 4) is 0 Å². The Hall–Kier alpha value is -2.63. The molecule has 6 heteroatoms. The highest BCUT2D eigenvalue weighted by Gasteiger charge is 2.45. The Balaban J connectivity index is 1.69. The van der Waals surface area contributed by atoms with Crippen molar-refractivity contribution < 1.29 is 14.0 Å². The van der Waals surface area contributed by atoms with Gasteiger partial charge in [-0.15, -0.1) is 0 Å². The highest BCUT2D eigenvalue weighted by Crippen LogP contribution is 2.34. The van der Waals surface area contributed by atoms with Crippen LogP contribution in [-0.4, -0.2) is 45.3 Å². The molecule has 1 saturated heterocycles. The minimum atomic E-state index is -0.293. The van der Waals surface area contributed by atoms with Gasteiger partial charge in [-0.1, -0.05) is 12.1 Å². The topological polar surface area (TPSA) is 45.6 Å². The fraction of sp³-hybridized carbons (Fsp3) is 0.333. The zero-order chi connectivity index (χ0) is 16.8. The molecule has 2 atom stereocenters. The molecule has 0 spiro atoms. The van der Waals surface area contributed by atoms with E-state index in [0.717, 1.165) is 5.56 Å². The molecule has 2 aliphatic heterocycles. The van der Waals surface area contributed by atoms with Gasteiger partial charge in [-0.25, -0.2) is 4.39 Å². The van der Waals surface area contributed by atoms with Crippen molar-refractivity contribution in [3.05, 3.63) is 59.7 Å². The first-order valence-corrected chi connectivity index (χ1v) is 8.02. The number of rotatable bonds is 2. The quantitative estimate of drug-likeness (QED) is 0.847. The molecule has 4 rings (SSSR count). The van der Waals surface area contributed by atoms with Crippen molar-refractivity contribution >= 4 is 11.8 Å². The van der Waals surface area contributed by atoms with Gasteiger partial charge in [0.2, 0.25) is 5.91 Å². The summed E-state index contributed by atoms with van der Waals surface area (Å²) in [5.41, 5.74) is 1.52. The lowest BCUT2D eigenvalue weighted by atomic mass is 10.0. The molecule has 0 aliphatic carbocycles. The van der Waals surface area contributed by atoms with Crippen LogP contribution in [0.1, 0.15) is 29.0 Å². The molecule has 0 bridgehead atoms. The molecule has 5 nitrogen and oxygen atoms in total. The minimum absolute atomic E-state index is 0.0206. The van der Waals surface area contributed by atoms with Gasteiger partial charge in [0.25, 0.3) is 5.91 Å². The predicted octanol–water partition coefficient (Wildman–Crippen LogP) is 2.05. The van der Waals surface area contributed by atoms with Crippen LogP contribution in [0, 0.1) is 5.82 Å². The number of likely N-dealkylation sites (tertiary alicyclic amines) is 1. The van der Waals surface area contributed by atoms with Gasteiger partial charge >= 0.3 is 0 Å². The van der Waals surface area contributed by atoms with Crippen LogP contribution in [0.15, 0.2) is 42.6 Å². The fourth-order valence-electron chi connectivity index (χ4n) is 3.74.